The highest BCUT2D eigenvalue weighted by Crippen LogP contribution is 2.23. The van der Waals surface area contributed by atoms with Crippen LogP contribution in [0.3, 0.4) is 0 Å². The molecule has 0 aliphatic carbocycles. The van der Waals surface area contributed by atoms with E-state index in [1.807, 2.05) is 0 Å². The van der Waals surface area contributed by atoms with Crippen molar-refractivity contribution in [3.8, 4) is 0 Å². The first-order chi connectivity index (χ1) is 9.08. The van der Waals surface area contributed by atoms with Crippen molar-refractivity contribution in [2.24, 2.45) is 0 Å². The molecule has 2 rings (SSSR count). The summed E-state index contributed by atoms with van der Waals surface area (Å²) in [5.74, 6) is -0.647. The maximum atomic E-state index is 11.5. The minimum atomic E-state index is -0.686. The molecule has 0 saturated carbocycles. The Balaban J connectivity index is 2.11. The molecule has 0 fully saturated rings. The van der Waals surface area contributed by atoms with Crippen LogP contribution in [0.2, 0.25) is 5.02 Å². The molecule has 8 heteroatoms. The van der Waals surface area contributed by atoms with E-state index in [0.29, 0.717) is 0 Å². The van der Waals surface area contributed by atoms with Crippen molar-refractivity contribution in [3.63, 3.8) is 0 Å². The topological polar surface area (TPSA) is 98.1 Å². The van der Waals surface area contributed by atoms with Gasteiger partial charge in [-0.2, -0.15) is 0 Å². The molecule has 0 aliphatic heterocycles. The van der Waals surface area contributed by atoms with Gasteiger partial charge in [0, 0.05) is 23.5 Å². The molecule has 7 nitrogen and oxygen atoms in total. The molecule has 0 aliphatic rings. The van der Waals surface area contributed by atoms with E-state index in [0.717, 1.165) is 0 Å². The summed E-state index contributed by atoms with van der Waals surface area (Å²) in [5, 5.41) is 11.1. The van der Waals surface area contributed by atoms with Gasteiger partial charge in [0.2, 0.25) is 5.82 Å². The van der Waals surface area contributed by atoms with Crippen molar-refractivity contribution in [2.75, 3.05) is 0 Å². The van der Waals surface area contributed by atoms with Gasteiger partial charge in [-0.25, -0.2) is 9.78 Å². The number of esters is 1. The van der Waals surface area contributed by atoms with Crippen LogP contribution in [-0.4, -0.2) is 20.9 Å². The molecule has 0 spiro atoms. The number of carbonyl (C=O) groups is 1. The maximum absolute atomic E-state index is 11.5. The first kappa shape index (κ1) is 13.0. The van der Waals surface area contributed by atoms with E-state index in [9.17, 15) is 14.9 Å². The lowest BCUT2D eigenvalue weighted by Gasteiger charge is -2.04. The molecular formula is C11H8ClN3O4. The third kappa shape index (κ3) is 3.08. The maximum Gasteiger partial charge on any atom is 0.374 e. The number of imidazole rings is 1. The molecule has 1 N–H and O–H groups in total. The first-order valence-corrected chi connectivity index (χ1v) is 5.55. The van der Waals surface area contributed by atoms with Crippen LogP contribution in [0.1, 0.15) is 16.2 Å². The highest BCUT2D eigenvalue weighted by atomic mass is 35.5. The number of aromatic amines is 1. The van der Waals surface area contributed by atoms with Crippen molar-refractivity contribution in [2.45, 2.75) is 6.61 Å². The molecule has 1 aromatic carbocycles. The van der Waals surface area contributed by atoms with Crippen molar-refractivity contribution < 1.29 is 14.5 Å². The van der Waals surface area contributed by atoms with E-state index in [1.54, 1.807) is 0 Å². The molecular weight excluding hydrogens is 274 g/mol. The molecule has 0 atom stereocenters. The highest BCUT2D eigenvalue weighted by molar-refractivity contribution is 6.30. The molecule has 0 amide bonds. The second kappa shape index (κ2) is 5.49. The predicted octanol–water partition coefficient (Wildman–Crippen LogP) is 2.33. The number of hydrogen-bond donors (Lipinski definition) is 1. The van der Waals surface area contributed by atoms with Crippen molar-refractivity contribution in [1.82, 2.24) is 9.97 Å². The third-order valence-corrected chi connectivity index (χ3v) is 2.53. The zero-order valence-corrected chi connectivity index (χ0v) is 10.3. The van der Waals surface area contributed by atoms with Gasteiger partial charge >= 0.3 is 5.97 Å². The molecule has 0 saturated heterocycles. The summed E-state index contributed by atoms with van der Waals surface area (Å²) >= 11 is 5.68. The predicted molar refractivity (Wildman–Crippen MR) is 65.8 cm³/mol. The molecule has 19 heavy (non-hydrogen) atoms. The number of benzene rings is 1. The number of nitro benzene ring substituents is 1. The number of H-pyrrole nitrogens is 1. The summed E-state index contributed by atoms with van der Waals surface area (Å²) in [6, 6.07) is 4.14. The van der Waals surface area contributed by atoms with E-state index >= 15 is 0 Å². The number of ether oxygens (including phenoxy) is 1. The quantitative estimate of drug-likeness (QED) is 0.527. The number of nitrogens with zero attached hydrogens (tertiary/aromatic N) is 2. The molecule has 98 valence electrons. The molecule has 0 radical (unpaired) electrons. The lowest BCUT2D eigenvalue weighted by molar-refractivity contribution is -0.385. The minimum absolute atomic E-state index is 0.0385. The van der Waals surface area contributed by atoms with Crippen LogP contribution in [0.5, 0.6) is 0 Å². The Morgan fingerprint density at radius 2 is 2.32 bits per heavy atom. The van der Waals surface area contributed by atoms with Crippen LogP contribution in [0.25, 0.3) is 0 Å². The standard InChI is InChI=1S/C11H8ClN3O4/c12-8-2-1-7(9(5-8)15(17)18)6-19-11(16)10-13-3-4-14-10/h1-5H,6H2,(H,13,14). The summed E-state index contributed by atoms with van der Waals surface area (Å²) in [6.45, 7) is -0.229. The number of aromatic nitrogens is 2. The second-order valence-electron chi connectivity index (χ2n) is 3.54. The molecule has 0 bridgehead atoms. The van der Waals surface area contributed by atoms with Gasteiger partial charge in [-0.15, -0.1) is 0 Å². The number of nitrogens with one attached hydrogen (secondary N) is 1. The van der Waals surface area contributed by atoms with Crippen LogP contribution in [0.4, 0.5) is 5.69 Å². The normalized spacial score (nSPS) is 10.2. The van der Waals surface area contributed by atoms with E-state index in [-0.39, 0.29) is 28.7 Å². The van der Waals surface area contributed by atoms with E-state index in [4.69, 9.17) is 16.3 Å². The monoisotopic (exact) mass is 281 g/mol. The number of nitro groups is 1. The summed E-state index contributed by atoms with van der Waals surface area (Å²) < 4.78 is 4.92. The third-order valence-electron chi connectivity index (χ3n) is 2.29. The van der Waals surface area contributed by atoms with E-state index < -0.39 is 10.9 Å². The highest BCUT2D eigenvalue weighted by Gasteiger charge is 2.17. The molecule has 1 heterocycles. The Labute approximate surface area is 112 Å². The Hall–Kier alpha value is -2.41. The number of hydrogen-bond acceptors (Lipinski definition) is 5. The Bertz CT molecular complexity index is 612. The molecule has 1 aromatic heterocycles. The molecule has 0 unspecified atom stereocenters. The van der Waals surface area contributed by atoms with Crippen molar-refractivity contribution >= 4 is 23.3 Å². The largest absolute Gasteiger partial charge is 0.455 e. The van der Waals surface area contributed by atoms with Gasteiger partial charge < -0.3 is 9.72 Å². The average molecular weight is 282 g/mol. The Morgan fingerprint density at radius 1 is 1.53 bits per heavy atom. The number of rotatable bonds is 4. The van der Waals surface area contributed by atoms with Gasteiger partial charge in [0.05, 0.1) is 10.5 Å². The average Bonchev–Trinajstić information content (AvgIpc) is 2.90. The lowest BCUT2D eigenvalue weighted by atomic mass is 10.2. The summed E-state index contributed by atoms with van der Waals surface area (Å²) in [5.41, 5.74) is 0.0639. The van der Waals surface area contributed by atoms with Crippen LogP contribution >= 0.6 is 11.6 Å². The number of carbonyl (C=O) groups excluding carboxylic acids is 1. The van der Waals surface area contributed by atoms with Crippen molar-refractivity contribution in [1.29, 1.82) is 0 Å². The Kier molecular flexibility index (Phi) is 3.76. The SMILES string of the molecule is O=C(OCc1ccc(Cl)cc1[N+](=O)[O-])c1ncc[nH]1. The zero-order chi connectivity index (χ0) is 13.8. The van der Waals surface area contributed by atoms with Crippen LogP contribution in [0.15, 0.2) is 30.6 Å². The van der Waals surface area contributed by atoms with Gasteiger partial charge in [-0.3, -0.25) is 10.1 Å². The minimum Gasteiger partial charge on any atom is -0.455 e. The fourth-order valence-electron chi connectivity index (χ4n) is 1.42. The van der Waals surface area contributed by atoms with Gasteiger partial charge in [0.15, 0.2) is 0 Å². The summed E-state index contributed by atoms with van der Waals surface area (Å²) in [4.78, 5) is 28.1. The summed E-state index contributed by atoms with van der Waals surface area (Å²) in [7, 11) is 0. The van der Waals surface area contributed by atoms with Crippen LogP contribution in [-0.2, 0) is 11.3 Å². The second-order valence-corrected chi connectivity index (χ2v) is 3.98. The fourth-order valence-corrected chi connectivity index (χ4v) is 1.58. The summed E-state index contributed by atoms with van der Waals surface area (Å²) in [6.07, 6.45) is 2.88. The first-order valence-electron chi connectivity index (χ1n) is 5.17. The van der Waals surface area contributed by atoms with Crippen molar-refractivity contribution in [3.05, 3.63) is 57.1 Å². The fraction of sp³-hybridized carbons (Fsp3) is 0.0909. The van der Waals surface area contributed by atoms with Crippen LogP contribution in [0, 0.1) is 10.1 Å². The van der Waals surface area contributed by atoms with Gasteiger partial charge in [0.25, 0.3) is 5.69 Å². The van der Waals surface area contributed by atoms with Gasteiger partial charge in [-0.1, -0.05) is 11.6 Å². The van der Waals surface area contributed by atoms with Gasteiger partial charge in [0.1, 0.15) is 6.61 Å². The Morgan fingerprint density at radius 3 is 2.95 bits per heavy atom. The van der Waals surface area contributed by atoms with E-state index in [2.05, 4.69) is 9.97 Å². The lowest BCUT2D eigenvalue weighted by Crippen LogP contribution is -2.08. The van der Waals surface area contributed by atoms with E-state index in [1.165, 1.54) is 30.6 Å². The molecule has 2 aromatic rings. The van der Waals surface area contributed by atoms with Crippen LogP contribution < -0.4 is 0 Å². The zero-order valence-electron chi connectivity index (χ0n) is 9.50. The number of halogens is 1. The van der Waals surface area contributed by atoms with Gasteiger partial charge in [-0.05, 0) is 12.1 Å². The smallest absolute Gasteiger partial charge is 0.374 e.